The number of guanidine groups is 1. The lowest BCUT2D eigenvalue weighted by Crippen LogP contribution is -2.39. The van der Waals surface area contributed by atoms with Crippen molar-refractivity contribution in [1.82, 2.24) is 20.5 Å². The number of aryl methyl sites for hydroxylation is 1. The molecule has 142 valence electrons. The van der Waals surface area contributed by atoms with Crippen LogP contribution in [0.1, 0.15) is 50.2 Å². The van der Waals surface area contributed by atoms with E-state index >= 15 is 0 Å². The summed E-state index contributed by atoms with van der Waals surface area (Å²) in [6.45, 7) is 9.55. The fourth-order valence-electron chi connectivity index (χ4n) is 3.10. The second-order valence-corrected chi connectivity index (χ2v) is 7.89. The Balaban J connectivity index is 0.00000225. The number of nitrogens with one attached hydrogen (secondary N) is 2. The molecular weight excluding hydrogens is 445 g/mol. The Labute approximate surface area is 173 Å². The van der Waals surface area contributed by atoms with Crippen molar-refractivity contribution in [3.63, 3.8) is 0 Å². The SMILES string of the molecule is CCNC(=NCC1CCN(Cc2csc(CC)n2)CC1)NC1CC1.I. The van der Waals surface area contributed by atoms with E-state index in [9.17, 15) is 0 Å². The molecule has 1 saturated heterocycles. The lowest BCUT2D eigenvalue weighted by atomic mass is 9.97. The number of hydrogen-bond donors (Lipinski definition) is 2. The molecule has 0 unspecified atom stereocenters. The smallest absolute Gasteiger partial charge is 0.191 e. The molecule has 2 aliphatic rings. The van der Waals surface area contributed by atoms with Crippen LogP contribution in [0.25, 0.3) is 0 Å². The number of aromatic nitrogens is 1. The summed E-state index contributed by atoms with van der Waals surface area (Å²) in [5, 5.41) is 10.3. The highest BCUT2D eigenvalue weighted by Crippen LogP contribution is 2.21. The molecule has 25 heavy (non-hydrogen) atoms. The molecule has 7 heteroatoms. The van der Waals surface area contributed by atoms with E-state index in [1.165, 1.54) is 49.5 Å². The first-order valence-electron chi connectivity index (χ1n) is 9.47. The molecule has 1 aliphatic heterocycles. The van der Waals surface area contributed by atoms with Crippen LogP contribution in [0.15, 0.2) is 10.4 Å². The number of halogens is 1. The fraction of sp³-hybridized carbons (Fsp3) is 0.778. The van der Waals surface area contributed by atoms with Crippen LogP contribution in [0.5, 0.6) is 0 Å². The van der Waals surface area contributed by atoms with Crippen LogP contribution in [-0.2, 0) is 13.0 Å². The Morgan fingerprint density at radius 3 is 2.64 bits per heavy atom. The molecule has 2 fully saturated rings. The van der Waals surface area contributed by atoms with Crippen molar-refractivity contribution in [2.75, 3.05) is 26.2 Å². The maximum absolute atomic E-state index is 4.81. The molecule has 2 heterocycles. The van der Waals surface area contributed by atoms with Crippen molar-refractivity contribution < 1.29 is 0 Å². The van der Waals surface area contributed by atoms with Crippen LogP contribution in [0.3, 0.4) is 0 Å². The van der Waals surface area contributed by atoms with Gasteiger partial charge in [-0.2, -0.15) is 0 Å². The zero-order valence-corrected chi connectivity index (χ0v) is 18.6. The van der Waals surface area contributed by atoms with Gasteiger partial charge < -0.3 is 10.6 Å². The minimum absolute atomic E-state index is 0. The van der Waals surface area contributed by atoms with Gasteiger partial charge in [0, 0.05) is 31.1 Å². The predicted octanol–water partition coefficient (Wildman–Crippen LogP) is 3.25. The molecular formula is C18H32IN5S. The molecule has 0 bridgehead atoms. The highest BCUT2D eigenvalue weighted by Gasteiger charge is 2.23. The van der Waals surface area contributed by atoms with Crippen molar-refractivity contribution in [3.05, 3.63) is 16.1 Å². The number of aliphatic imine (C=N–C) groups is 1. The van der Waals surface area contributed by atoms with Gasteiger partial charge in [0.15, 0.2) is 5.96 Å². The molecule has 0 aromatic carbocycles. The van der Waals surface area contributed by atoms with E-state index in [0.29, 0.717) is 6.04 Å². The Hall–Kier alpha value is -0.410. The molecule has 0 radical (unpaired) electrons. The van der Waals surface area contributed by atoms with Crippen LogP contribution >= 0.6 is 35.3 Å². The number of nitrogens with zero attached hydrogens (tertiary/aromatic N) is 3. The van der Waals surface area contributed by atoms with Gasteiger partial charge >= 0.3 is 0 Å². The van der Waals surface area contributed by atoms with Crippen molar-refractivity contribution in [1.29, 1.82) is 0 Å². The fourth-order valence-corrected chi connectivity index (χ4v) is 3.84. The van der Waals surface area contributed by atoms with E-state index in [-0.39, 0.29) is 24.0 Å². The molecule has 1 aromatic heterocycles. The van der Waals surface area contributed by atoms with Crippen LogP contribution in [0.2, 0.25) is 0 Å². The molecule has 5 nitrogen and oxygen atoms in total. The second kappa shape index (κ2) is 10.7. The number of piperidine rings is 1. The van der Waals surface area contributed by atoms with Gasteiger partial charge in [0.05, 0.1) is 10.7 Å². The third kappa shape index (κ3) is 7.02. The largest absolute Gasteiger partial charge is 0.357 e. The maximum atomic E-state index is 4.81. The first-order chi connectivity index (χ1) is 11.8. The van der Waals surface area contributed by atoms with Crippen LogP contribution < -0.4 is 10.6 Å². The third-order valence-electron chi connectivity index (χ3n) is 4.76. The van der Waals surface area contributed by atoms with Gasteiger partial charge in [-0.25, -0.2) is 4.98 Å². The van der Waals surface area contributed by atoms with E-state index in [0.717, 1.165) is 37.9 Å². The van der Waals surface area contributed by atoms with Gasteiger partial charge in [-0.1, -0.05) is 6.92 Å². The van der Waals surface area contributed by atoms with Crippen molar-refractivity contribution >= 4 is 41.3 Å². The number of likely N-dealkylation sites (tertiary alicyclic amines) is 1. The van der Waals surface area contributed by atoms with Gasteiger partial charge in [0.25, 0.3) is 0 Å². The van der Waals surface area contributed by atoms with E-state index in [1.807, 2.05) is 0 Å². The maximum Gasteiger partial charge on any atom is 0.191 e. The number of rotatable bonds is 7. The van der Waals surface area contributed by atoms with Gasteiger partial charge in [-0.3, -0.25) is 9.89 Å². The van der Waals surface area contributed by atoms with E-state index in [2.05, 4.69) is 34.8 Å². The van der Waals surface area contributed by atoms with Gasteiger partial charge in [0.1, 0.15) is 0 Å². The minimum atomic E-state index is 0. The normalized spacial score (nSPS) is 19.5. The monoisotopic (exact) mass is 477 g/mol. The Morgan fingerprint density at radius 2 is 2.04 bits per heavy atom. The van der Waals surface area contributed by atoms with Crippen molar-refractivity contribution in [2.45, 2.75) is 58.5 Å². The summed E-state index contributed by atoms with van der Waals surface area (Å²) in [6.07, 6.45) is 6.13. The molecule has 0 atom stereocenters. The third-order valence-corrected chi connectivity index (χ3v) is 5.81. The molecule has 0 spiro atoms. The summed E-state index contributed by atoms with van der Waals surface area (Å²) in [7, 11) is 0. The van der Waals surface area contributed by atoms with Gasteiger partial charge in [-0.15, -0.1) is 35.3 Å². The summed E-state index contributed by atoms with van der Waals surface area (Å²) in [5.41, 5.74) is 1.25. The van der Waals surface area contributed by atoms with Gasteiger partial charge in [-0.05, 0) is 58.0 Å². The highest BCUT2D eigenvalue weighted by atomic mass is 127. The average Bonchev–Trinajstić information content (AvgIpc) is 3.30. The quantitative estimate of drug-likeness (QED) is 0.360. The van der Waals surface area contributed by atoms with Crippen molar-refractivity contribution in [3.8, 4) is 0 Å². The first-order valence-corrected chi connectivity index (χ1v) is 10.3. The molecule has 2 N–H and O–H groups in total. The van der Waals surface area contributed by atoms with Crippen LogP contribution in [-0.4, -0.2) is 48.1 Å². The van der Waals surface area contributed by atoms with Crippen molar-refractivity contribution in [2.24, 2.45) is 10.9 Å². The standard InChI is InChI=1S/C18H31N5S.HI/c1-3-17-21-16(13-24-17)12-23-9-7-14(8-10-23)11-20-18(19-4-2)22-15-5-6-15;/h13-15H,3-12H2,1-2H3,(H2,19,20,22);1H. The van der Waals surface area contributed by atoms with E-state index in [4.69, 9.17) is 9.98 Å². The zero-order valence-electron chi connectivity index (χ0n) is 15.5. The summed E-state index contributed by atoms with van der Waals surface area (Å²) in [6, 6.07) is 0.663. The lowest BCUT2D eigenvalue weighted by Gasteiger charge is -2.30. The predicted molar refractivity (Wildman–Crippen MR) is 117 cm³/mol. The molecule has 1 aliphatic carbocycles. The lowest BCUT2D eigenvalue weighted by molar-refractivity contribution is 0.179. The zero-order chi connectivity index (χ0) is 16.8. The Bertz CT molecular complexity index is 535. The van der Waals surface area contributed by atoms with E-state index in [1.54, 1.807) is 11.3 Å². The number of thiazole rings is 1. The Morgan fingerprint density at radius 1 is 1.28 bits per heavy atom. The van der Waals surface area contributed by atoms with Crippen LogP contribution in [0, 0.1) is 5.92 Å². The second-order valence-electron chi connectivity index (χ2n) is 6.94. The average molecular weight is 477 g/mol. The summed E-state index contributed by atoms with van der Waals surface area (Å²) in [4.78, 5) is 12.0. The topological polar surface area (TPSA) is 52.6 Å². The van der Waals surface area contributed by atoms with Gasteiger partial charge in [0.2, 0.25) is 0 Å². The molecule has 0 amide bonds. The summed E-state index contributed by atoms with van der Waals surface area (Å²) < 4.78 is 0. The van der Waals surface area contributed by atoms with E-state index < -0.39 is 0 Å². The molecule has 3 rings (SSSR count). The summed E-state index contributed by atoms with van der Waals surface area (Å²) >= 11 is 1.79. The van der Waals surface area contributed by atoms with Crippen LogP contribution in [0.4, 0.5) is 0 Å². The molecule has 1 saturated carbocycles. The Kier molecular flexibility index (Phi) is 8.92. The minimum Gasteiger partial charge on any atom is -0.357 e. The molecule has 1 aromatic rings. The highest BCUT2D eigenvalue weighted by molar-refractivity contribution is 14.0. The first kappa shape index (κ1) is 20.9. The number of hydrogen-bond acceptors (Lipinski definition) is 4. The summed E-state index contributed by atoms with van der Waals surface area (Å²) in [5.74, 6) is 1.73.